The first-order chi connectivity index (χ1) is 9.45. The van der Waals surface area contributed by atoms with Gasteiger partial charge in [0.15, 0.2) is 0 Å². The highest BCUT2D eigenvalue weighted by molar-refractivity contribution is 6.08. The lowest BCUT2D eigenvalue weighted by molar-refractivity contribution is 0.0696. The maximum absolute atomic E-state index is 11.1. The lowest BCUT2D eigenvalue weighted by Crippen LogP contribution is -2.31. The number of ether oxygens (including phenoxy) is 1. The molecule has 0 heterocycles. The number of benzene rings is 1. The van der Waals surface area contributed by atoms with Crippen LogP contribution in [0.4, 0.5) is 4.79 Å². The van der Waals surface area contributed by atoms with Gasteiger partial charge in [-0.15, -0.1) is 0 Å². The summed E-state index contributed by atoms with van der Waals surface area (Å²) in [4.78, 5) is 26.0. The van der Waals surface area contributed by atoms with E-state index >= 15 is 0 Å². The normalized spacial score (nSPS) is 10.8. The predicted octanol–water partition coefficient (Wildman–Crippen LogP) is 1.53. The molecule has 0 fully saturated rings. The van der Waals surface area contributed by atoms with Gasteiger partial charge in [0.2, 0.25) is 0 Å². The number of amidine groups is 1. The molecule has 0 aliphatic heterocycles. The molecule has 0 atom stereocenters. The van der Waals surface area contributed by atoms with Crippen molar-refractivity contribution in [1.82, 2.24) is 5.32 Å². The minimum absolute atomic E-state index is 0.0745. The smallest absolute Gasteiger partial charge is 0.412 e. The third-order valence-electron chi connectivity index (χ3n) is 2.46. The van der Waals surface area contributed by atoms with Crippen molar-refractivity contribution >= 4 is 23.6 Å². The monoisotopic (exact) mass is 277 g/mol. The molecule has 1 aromatic rings. The SMILES string of the molecule is COC(=O)NC(=N)C/N=C(\C)c1ccccc1C(=O)O. The van der Waals surface area contributed by atoms with E-state index in [0.717, 1.165) is 0 Å². The molecule has 0 aliphatic carbocycles. The van der Waals surface area contributed by atoms with Gasteiger partial charge in [-0.1, -0.05) is 18.2 Å². The van der Waals surface area contributed by atoms with Gasteiger partial charge >= 0.3 is 12.1 Å². The maximum Gasteiger partial charge on any atom is 0.412 e. The van der Waals surface area contributed by atoms with Crippen molar-refractivity contribution in [1.29, 1.82) is 5.41 Å². The number of methoxy groups -OCH3 is 1. The fourth-order valence-electron chi connectivity index (χ4n) is 1.48. The van der Waals surface area contributed by atoms with Gasteiger partial charge in [-0.2, -0.15) is 0 Å². The number of carboxylic acids is 1. The number of hydrogen-bond donors (Lipinski definition) is 3. The highest BCUT2D eigenvalue weighted by Crippen LogP contribution is 2.10. The van der Waals surface area contributed by atoms with E-state index in [1.807, 2.05) is 0 Å². The molecule has 7 nitrogen and oxygen atoms in total. The molecule has 0 bridgehead atoms. The minimum Gasteiger partial charge on any atom is -0.478 e. The fourth-order valence-corrected chi connectivity index (χ4v) is 1.48. The predicted molar refractivity (Wildman–Crippen MR) is 73.7 cm³/mol. The van der Waals surface area contributed by atoms with Gasteiger partial charge < -0.3 is 9.84 Å². The Morgan fingerprint density at radius 1 is 1.35 bits per heavy atom. The molecule has 106 valence electrons. The van der Waals surface area contributed by atoms with Gasteiger partial charge in [0.05, 0.1) is 19.2 Å². The number of carbonyl (C=O) groups excluding carboxylic acids is 1. The number of aromatic carboxylic acids is 1. The van der Waals surface area contributed by atoms with Crippen LogP contribution >= 0.6 is 0 Å². The number of aliphatic imine (C=N–C) groups is 1. The average Bonchev–Trinajstić information content (AvgIpc) is 2.44. The van der Waals surface area contributed by atoms with Crippen molar-refractivity contribution in [2.45, 2.75) is 6.92 Å². The highest BCUT2D eigenvalue weighted by Gasteiger charge is 2.11. The number of nitrogens with zero attached hydrogens (tertiary/aromatic N) is 1. The second-order valence-corrected chi connectivity index (χ2v) is 3.85. The second-order valence-electron chi connectivity index (χ2n) is 3.85. The minimum atomic E-state index is -1.04. The van der Waals surface area contributed by atoms with E-state index in [0.29, 0.717) is 11.3 Å². The molecule has 1 rings (SSSR count). The van der Waals surface area contributed by atoms with Crippen LogP contribution in [0.3, 0.4) is 0 Å². The Morgan fingerprint density at radius 2 is 1.95 bits per heavy atom. The Labute approximate surface area is 115 Å². The van der Waals surface area contributed by atoms with Crippen LogP contribution in [0.5, 0.6) is 0 Å². The van der Waals surface area contributed by atoms with Gasteiger partial charge in [-0.3, -0.25) is 15.7 Å². The van der Waals surface area contributed by atoms with Gasteiger partial charge in [0.25, 0.3) is 0 Å². The molecular formula is C13H15N3O4. The lowest BCUT2D eigenvalue weighted by atomic mass is 10.0. The van der Waals surface area contributed by atoms with Gasteiger partial charge in [-0.25, -0.2) is 9.59 Å². The summed E-state index contributed by atoms with van der Waals surface area (Å²) in [5, 5.41) is 18.7. The second kappa shape index (κ2) is 7.03. The Balaban J connectivity index is 2.82. The van der Waals surface area contributed by atoms with Crippen LogP contribution in [0.25, 0.3) is 0 Å². The van der Waals surface area contributed by atoms with Crippen LogP contribution in [0.15, 0.2) is 29.3 Å². The summed E-state index contributed by atoms with van der Waals surface area (Å²) in [6.45, 7) is 1.57. The summed E-state index contributed by atoms with van der Waals surface area (Å²) in [5.74, 6) is -1.18. The van der Waals surface area contributed by atoms with Crippen LogP contribution in [0, 0.1) is 5.41 Å². The van der Waals surface area contributed by atoms with Crippen molar-refractivity contribution in [2.75, 3.05) is 13.7 Å². The van der Waals surface area contributed by atoms with Gasteiger partial charge in [0.1, 0.15) is 5.84 Å². The summed E-state index contributed by atoms with van der Waals surface area (Å²) >= 11 is 0. The number of carboxylic acid groups (broad SMARTS) is 1. The quantitative estimate of drug-likeness (QED) is 0.572. The van der Waals surface area contributed by atoms with Crippen LogP contribution in [0.2, 0.25) is 0 Å². The summed E-state index contributed by atoms with van der Waals surface area (Å²) in [5.41, 5.74) is 1.09. The van der Waals surface area contributed by atoms with E-state index in [2.05, 4.69) is 15.0 Å². The molecule has 0 radical (unpaired) electrons. The van der Waals surface area contributed by atoms with Crippen molar-refractivity contribution in [3.8, 4) is 0 Å². The standard InChI is InChI=1S/C13H15N3O4/c1-8(15-7-11(14)16-13(19)20-2)9-5-3-4-6-10(9)12(17)18/h3-6H,7H2,1-2H3,(H,17,18)(H2,14,16,19)/b15-8+. The zero-order valence-corrected chi connectivity index (χ0v) is 11.1. The number of alkyl carbamates (subject to hydrolysis) is 1. The van der Waals surface area contributed by atoms with Crippen molar-refractivity contribution in [3.63, 3.8) is 0 Å². The largest absolute Gasteiger partial charge is 0.478 e. The highest BCUT2D eigenvalue weighted by atomic mass is 16.5. The Morgan fingerprint density at radius 3 is 2.50 bits per heavy atom. The fraction of sp³-hybridized carbons (Fsp3) is 0.231. The van der Waals surface area contributed by atoms with Crippen molar-refractivity contribution < 1.29 is 19.4 Å². The summed E-state index contributed by atoms with van der Waals surface area (Å²) in [6, 6.07) is 6.45. The van der Waals surface area contributed by atoms with Gasteiger partial charge in [-0.05, 0) is 13.0 Å². The van der Waals surface area contributed by atoms with E-state index in [9.17, 15) is 9.59 Å². The first kappa shape index (κ1) is 15.4. The summed E-state index contributed by atoms with van der Waals surface area (Å²) in [6.07, 6.45) is -0.742. The number of amides is 1. The molecule has 0 aliphatic rings. The Bertz CT molecular complexity index is 566. The van der Waals surface area contributed by atoms with E-state index < -0.39 is 12.1 Å². The molecule has 1 aromatic carbocycles. The molecule has 0 saturated carbocycles. The molecule has 3 N–H and O–H groups in total. The Kier molecular flexibility index (Phi) is 5.40. The third kappa shape index (κ3) is 4.20. The van der Waals surface area contributed by atoms with Crippen LogP contribution in [-0.4, -0.2) is 42.4 Å². The van der Waals surface area contributed by atoms with Crippen LogP contribution in [0.1, 0.15) is 22.8 Å². The molecule has 0 saturated heterocycles. The lowest BCUT2D eigenvalue weighted by Gasteiger charge is -2.06. The first-order valence-electron chi connectivity index (χ1n) is 5.71. The number of carbonyl (C=O) groups is 2. The third-order valence-corrected chi connectivity index (χ3v) is 2.46. The van der Waals surface area contributed by atoms with E-state index in [1.165, 1.54) is 13.2 Å². The zero-order valence-electron chi connectivity index (χ0n) is 11.1. The van der Waals surface area contributed by atoms with E-state index in [1.54, 1.807) is 25.1 Å². The van der Waals surface area contributed by atoms with Crippen molar-refractivity contribution in [2.24, 2.45) is 4.99 Å². The molecular weight excluding hydrogens is 262 g/mol. The molecule has 1 amide bonds. The zero-order chi connectivity index (χ0) is 15.1. The molecule has 20 heavy (non-hydrogen) atoms. The van der Waals surface area contributed by atoms with Crippen LogP contribution in [-0.2, 0) is 4.74 Å². The molecule has 0 aromatic heterocycles. The number of nitrogens with one attached hydrogen (secondary N) is 2. The summed E-state index contributed by atoms with van der Waals surface area (Å²) < 4.78 is 4.35. The number of hydrogen-bond acceptors (Lipinski definition) is 5. The van der Waals surface area contributed by atoms with Crippen LogP contribution < -0.4 is 5.32 Å². The Hall–Kier alpha value is -2.70. The van der Waals surface area contributed by atoms with E-state index in [-0.39, 0.29) is 17.9 Å². The van der Waals surface area contributed by atoms with Gasteiger partial charge in [0, 0.05) is 11.3 Å². The van der Waals surface area contributed by atoms with E-state index in [4.69, 9.17) is 10.5 Å². The molecule has 0 spiro atoms. The average molecular weight is 277 g/mol. The maximum atomic E-state index is 11.1. The molecule has 7 heteroatoms. The van der Waals surface area contributed by atoms with Crippen molar-refractivity contribution in [3.05, 3.63) is 35.4 Å². The summed E-state index contributed by atoms with van der Waals surface area (Å²) in [7, 11) is 1.19. The topological polar surface area (TPSA) is 112 Å². The molecule has 0 unspecified atom stereocenters. The first-order valence-corrected chi connectivity index (χ1v) is 5.71. The number of rotatable bonds is 4.